The Bertz CT molecular complexity index is 1350. The van der Waals surface area contributed by atoms with Crippen molar-refractivity contribution in [1.82, 2.24) is 9.97 Å². The topological polar surface area (TPSA) is 101 Å². The Morgan fingerprint density at radius 3 is 2.30 bits per heavy atom. The number of ether oxygens (including phenoxy) is 1. The first-order valence-corrected chi connectivity index (χ1v) is 12.3. The highest BCUT2D eigenvalue weighted by molar-refractivity contribution is 7.92. The average Bonchev–Trinajstić information content (AvgIpc) is 2.71. The van der Waals surface area contributed by atoms with Crippen LogP contribution in [-0.2, 0) is 15.4 Å². The third-order valence-electron chi connectivity index (χ3n) is 5.04. The number of nitrogens with zero attached hydrogens (tertiary/aromatic N) is 1. The molecule has 3 aromatic rings. The van der Waals surface area contributed by atoms with E-state index in [0.717, 1.165) is 34.3 Å². The zero-order valence-electron chi connectivity index (χ0n) is 19.7. The van der Waals surface area contributed by atoms with Gasteiger partial charge in [-0.15, -0.1) is 0 Å². The van der Waals surface area contributed by atoms with E-state index in [1.807, 2.05) is 36.4 Å². The molecule has 7 nitrogen and oxygen atoms in total. The molecule has 2 N–H and O–H groups in total. The van der Waals surface area contributed by atoms with Gasteiger partial charge in [-0.05, 0) is 47.7 Å². The third kappa shape index (κ3) is 6.10. The molecule has 0 saturated carbocycles. The van der Waals surface area contributed by atoms with E-state index in [9.17, 15) is 13.2 Å². The maximum atomic E-state index is 12.6. The molecule has 33 heavy (non-hydrogen) atoms. The summed E-state index contributed by atoms with van der Waals surface area (Å²) in [6.45, 7) is 8.01. The van der Waals surface area contributed by atoms with E-state index in [4.69, 9.17) is 4.74 Å². The maximum Gasteiger partial charge on any atom is 0.258 e. The molecular formula is C25H29N3O4S. The van der Waals surface area contributed by atoms with Gasteiger partial charge in [0.2, 0.25) is 10.0 Å². The van der Waals surface area contributed by atoms with Crippen LogP contribution >= 0.6 is 0 Å². The standard InChI is InChI=1S/C25H29N3O4S/c1-16-26-15-21(24(29)27-16)19-13-18(23(32-5)22(14-19)25(2,3)4)10-7-17-8-11-20(12-9-17)28-33(6,30)31/h7-15,28H,1-6H3,(H,26,27,29). The molecule has 1 heterocycles. The van der Waals surface area contributed by atoms with Gasteiger partial charge in [0.25, 0.3) is 5.56 Å². The van der Waals surface area contributed by atoms with Crippen molar-refractivity contribution in [2.75, 3.05) is 18.1 Å². The Hall–Kier alpha value is -3.39. The second kappa shape index (κ2) is 9.23. The number of rotatable bonds is 6. The van der Waals surface area contributed by atoms with Crippen molar-refractivity contribution in [3.05, 3.63) is 75.5 Å². The summed E-state index contributed by atoms with van der Waals surface area (Å²) in [6, 6.07) is 10.9. The van der Waals surface area contributed by atoms with Gasteiger partial charge in [0.1, 0.15) is 11.6 Å². The molecular weight excluding hydrogens is 438 g/mol. The number of benzene rings is 2. The summed E-state index contributed by atoms with van der Waals surface area (Å²) in [5, 5.41) is 0. The first-order valence-electron chi connectivity index (χ1n) is 10.4. The van der Waals surface area contributed by atoms with Crippen LogP contribution in [-0.4, -0.2) is 31.8 Å². The molecule has 0 amide bonds. The van der Waals surface area contributed by atoms with Gasteiger partial charge in [-0.2, -0.15) is 0 Å². The number of H-pyrrole nitrogens is 1. The van der Waals surface area contributed by atoms with Gasteiger partial charge in [-0.25, -0.2) is 13.4 Å². The predicted molar refractivity (Wildman–Crippen MR) is 134 cm³/mol. The maximum absolute atomic E-state index is 12.6. The molecule has 0 aliphatic heterocycles. The van der Waals surface area contributed by atoms with Crippen LogP contribution in [0.2, 0.25) is 0 Å². The lowest BCUT2D eigenvalue weighted by atomic mass is 9.83. The van der Waals surface area contributed by atoms with Gasteiger partial charge in [0, 0.05) is 23.0 Å². The Labute approximate surface area is 194 Å². The monoisotopic (exact) mass is 467 g/mol. The number of aromatic amines is 1. The quantitative estimate of drug-likeness (QED) is 0.516. The fraction of sp³-hybridized carbons (Fsp3) is 0.280. The van der Waals surface area contributed by atoms with Crippen LogP contribution in [0.25, 0.3) is 23.3 Å². The van der Waals surface area contributed by atoms with Crippen LogP contribution in [0, 0.1) is 6.92 Å². The fourth-order valence-electron chi connectivity index (χ4n) is 3.47. The molecule has 0 spiro atoms. The normalized spacial score (nSPS) is 12.2. The molecule has 1 aromatic heterocycles. The minimum Gasteiger partial charge on any atom is -0.496 e. The first-order chi connectivity index (χ1) is 15.4. The van der Waals surface area contributed by atoms with Crippen LogP contribution in [0.5, 0.6) is 5.75 Å². The highest BCUT2D eigenvalue weighted by Gasteiger charge is 2.23. The zero-order valence-corrected chi connectivity index (χ0v) is 20.5. The van der Waals surface area contributed by atoms with Gasteiger partial charge in [0.15, 0.2) is 0 Å². The van der Waals surface area contributed by atoms with Crippen LogP contribution in [0.3, 0.4) is 0 Å². The number of sulfonamides is 1. The molecule has 0 saturated heterocycles. The van der Waals surface area contributed by atoms with Crippen LogP contribution < -0.4 is 15.0 Å². The van der Waals surface area contributed by atoms with E-state index >= 15 is 0 Å². The second-order valence-electron chi connectivity index (χ2n) is 8.94. The predicted octanol–water partition coefficient (Wildman–Crippen LogP) is 4.59. The van der Waals surface area contributed by atoms with Crippen molar-refractivity contribution in [2.24, 2.45) is 0 Å². The molecule has 0 unspecified atom stereocenters. The SMILES string of the molecule is COc1c(C=Cc2ccc(NS(C)(=O)=O)cc2)cc(-c2cnc(C)[nH]c2=O)cc1C(C)(C)C. The zero-order chi connectivity index (χ0) is 24.4. The molecule has 0 aliphatic rings. The van der Waals surface area contributed by atoms with Crippen molar-refractivity contribution in [2.45, 2.75) is 33.1 Å². The van der Waals surface area contributed by atoms with Gasteiger partial charge < -0.3 is 9.72 Å². The van der Waals surface area contributed by atoms with E-state index in [2.05, 4.69) is 35.5 Å². The number of anilines is 1. The van der Waals surface area contributed by atoms with E-state index in [1.54, 1.807) is 32.4 Å². The number of nitrogens with one attached hydrogen (secondary N) is 2. The van der Waals surface area contributed by atoms with Gasteiger partial charge in [0.05, 0.1) is 18.9 Å². The van der Waals surface area contributed by atoms with Crippen LogP contribution in [0.4, 0.5) is 5.69 Å². The number of aryl methyl sites for hydroxylation is 1. The highest BCUT2D eigenvalue weighted by Crippen LogP contribution is 2.38. The molecule has 2 aromatic carbocycles. The summed E-state index contributed by atoms with van der Waals surface area (Å²) in [4.78, 5) is 19.6. The number of hydrogen-bond acceptors (Lipinski definition) is 5. The van der Waals surface area contributed by atoms with E-state index in [1.165, 1.54) is 0 Å². The summed E-state index contributed by atoms with van der Waals surface area (Å²) >= 11 is 0. The Morgan fingerprint density at radius 1 is 1.09 bits per heavy atom. The highest BCUT2D eigenvalue weighted by atomic mass is 32.2. The second-order valence-corrected chi connectivity index (χ2v) is 10.7. The minimum atomic E-state index is -3.33. The van der Waals surface area contributed by atoms with E-state index < -0.39 is 10.0 Å². The largest absolute Gasteiger partial charge is 0.496 e. The van der Waals surface area contributed by atoms with E-state index in [-0.39, 0.29) is 11.0 Å². The van der Waals surface area contributed by atoms with Gasteiger partial charge >= 0.3 is 0 Å². The Kier molecular flexibility index (Phi) is 6.78. The summed E-state index contributed by atoms with van der Waals surface area (Å²) in [5.41, 5.74) is 3.98. The molecule has 8 heteroatoms. The van der Waals surface area contributed by atoms with Crippen molar-refractivity contribution in [1.29, 1.82) is 0 Å². The summed E-state index contributed by atoms with van der Waals surface area (Å²) in [5.74, 6) is 1.29. The summed E-state index contributed by atoms with van der Waals surface area (Å²) in [7, 11) is -1.70. The molecule has 0 fully saturated rings. The van der Waals surface area contributed by atoms with Crippen molar-refractivity contribution < 1.29 is 13.2 Å². The lowest BCUT2D eigenvalue weighted by Crippen LogP contribution is -2.15. The van der Waals surface area contributed by atoms with Gasteiger partial charge in [-0.1, -0.05) is 45.1 Å². The number of hydrogen-bond donors (Lipinski definition) is 2. The third-order valence-corrected chi connectivity index (χ3v) is 5.64. The molecule has 174 valence electrons. The number of aromatic nitrogens is 2. The lowest BCUT2D eigenvalue weighted by molar-refractivity contribution is 0.397. The summed E-state index contributed by atoms with van der Waals surface area (Å²) in [6.07, 6.45) is 6.53. The Morgan fingerprint density at radius 2 is 1.76 bits per heavy atom. The van der Waals surface area contributed by atoms with Crippen LogP contribution in [0.15, 0.2) is 47.4 Å². The van der Waals surface area contributed by atoms with E-state index in [0.29, 0.717) is 17.1 Å². The van der Waals surface area contributed by atoms with Crippen LogP contribution in [0.1, 0.15) is 43.3 Å². The van der Waals surface area contributed by atoms with Crippen molar-refractivity contribution in [3.8, 4) is 16.9 Å². The molecule has 3 rings (SSSR count). The minimum absolute atomic E-state index is 0.198. The average molecular weight is 468 g/mol. The van der Waals surface area contributed by atoms with Crippen molar-refractivity contribution in [3.63, 3.8) is 0 Å². The molecule has 0 radical (unpaired) electrons. The fourth-order valence-corrected chi connectivity index (χ4v) is 4.03. The smallest absolute Gasteiger partial charge is 0.258 e. The molecule has 0 bridgehead atoms. The Balaban J connectivity index is 2.09. The van der Waals surface area contributed by atoms with Gasteiger partial charge in [-0.3, -0.25) is 9.52 Å². The molecule has 0 atom stereocenters. The first kappa shape index (κ1) is 24.3. The number of methoxy groups -OCH3 is 1. The molecule has 0 aliphatic carbocycles. The van der Waals surface area contributed by atoms with Crippen molar-refractivity contribution >= 4 is 27.9 Å². The lowest BCUT2D eigenvalue weighted by Gasteiger charge is -2.24. The summed E-state index contributed by atoms with van der Waals surface area (Å²) < 4.78 is 31.0.